The molecule has 0 bridgehead atoms. The SMILES string of the molecule is Cc1cc(F)ccc1NS(C)(=N)=O. The Morgan fingerprint density at radius 2 is 2.15 bits per heavy atom. The summed E-state index contributed by atoms with van der Waals surface area (Å²) >= 11 is 0. The fraction of sp³-hybridized carbons (Fsp3) is 0.250. The van der Waals surface area contributed by atoms with Gasteiger partial charge in [-0.15, -0.1) is 0 Å². The van der Waals surface area contributed by atoms with Gasteiger partial charge in [0.15, 0.2) is 0 Å². The van der Waals surface area contributed by atoms with Crippen LogP contribution in [0.4, 0.5) is 10.1 Å². The molecule has 13 heavy (non-hydrogen) atoms. The molecule has 0 aliphatic carbocycles. The van der Waals surface area contributed by atoms with Gasteiger partial charge in [-0.05, 0) is 30.7 Å². The standard InChI is InChI=1S/C8H11FN2OS/c1-6-5-7(9)3-4-8(6)11-13(2,10)12/h3-5H,1-2H3,(H2,10,11,12). The summed E-state index contributed by atoms with van der Waals surface area (Å²) in [5.41, 5.74) is 1.17. The molecule has 0 aliphatic rings. The van der Waals surface area contributed by atoms with E-state index in [1.165, 1.54) is 24.5 Å². The highest BCUT2D eigenvalue weighted by molar-refractivity contribution is 7.93. The van der Waals surface area contributed by atoms with Crippen molar-refractivity contribution in [1.82, 2.24) is 0 Å². The Bertz CT molecular complexity index is 414. The molecule has 0 radical (unpaired) electrons. The number of anilines is 1. The lowest BCUT2D eigenvalue weighted by molar-refractivity contribution is 0.627. The zero-order valence-electron chi connectivity index (χ0n) is 7.43. The third-order valence-electron chi connectivity index (χ3n) is 1.49. The van der Waals surface area contributed by atoms with Crippen LogP contribution >= 0.6 is 0 Å². The van der Waals surface area contributed by atoms with Crippen LogP contribution in [0.3, 0.4) is 0 Å². The van der Waals surface area contributed by atoms with Crippen molar-refractivity contribution in [2.24, 2.45) is 0 Å². The molecule has 0 amide bonds. The maximum atomic E-state index is 12.6. The number of aryl methyl sites for hydroxylation is 1. The smallest absolute Gasteiger partial charge is 0.123 e. The average Bonchev–Trinajstić information content (AvgIpc) is 1.93. The molecule has 0 saturated carbocycles. The van der Waals surface area contributed by atoms with Crippen LogP contribution < -0.4 is 4.72 Å². The molecule has 0 fully saturated rings. The van der Waals surface area contributed by atoms with Gasteiger partial charge in [0.2, 0.25) is 0 Å². The van der Waals surface area contributed by atoms with Gasteiger partial charge in [-0.3, -0.25) is 4.72 Å². The highest BCUT2D eigenvalue weighted by Crippen LogP contribution is 2.16. The number of nitrogens with one attached hydrogen (secondary N) is 2. The third-order valence-corrected chi connectivity index (χ3v) is 2.10. The predicted octanol–water partition coefficient (Wildman–Crippen LogP) is 2.14. The van der Waals surface area contributed by atoms with Gasteiger partial charge >= 0.3 is 0 Å². The first-order chi connectivity index (χ1) is 5.88. The van der Waals surface area contributed by atoms with Crippen LogP contribution in [0.1, 0.15) is 5.56 Å². The summed E-state index contributed by atoms with van der Waals surface area (Å²) < 4.78 is 33.3. The number of hydrogen-bond donors (Lipinski definition) is 2. The van der Waals surface area contributed by atoms with E-state index in [1.807, 2.05) is 0 Å². The van der Waals surface area contributed by atoms with E-state index in [9.17, 15) is 8.60 Å². The Kier molecular flexibility index (Phi) is 2.56. The zero-order chi connectivity index (χ0) is 10.1. The number of halogens is 1. The van der Waals surface area contributed by atoms with Crippen LogP contribution in [0, 0.1) is 17.5 Å². The molecule has 5 heteroatoms. The minimum Gasteiger partial charge on any atom is -0.299 e. The monoisotopic (exact) mass is 202 g/mol. The van der Waals surface area contributed by atoms with Crippen molar-refractivity contribution in [2.75, 3.05) is 11.0 Å². The molecular weight excluding hydrogens is 191 g/mol. The summed E-state index contributed by atoms with van der Waals surface area (Å²) in [5.74, 6) is -0.337. The normalized spacial score (nSPS) is 15.0. The molecule has 1 unspecified atom stereocenters. The number of benzene rings is 1. The van der Waals surface area contributed by atoms with Gasteiger partial charge < -0.3 is 0 Å². The first-order valence-electron chi connectivity index (χ1n) is 3.66. The minimum absolute atomic E-state index is 0.337. The van der Waals surface area contributed by atoms with E-state index in [0.29, 0.717) is 11.3 Å². The third kappa shape index (κ3) is 3.02. The molecule has 1 aromatic carbocycles. The molecule has 1 aromatic rings. The lowest BCUT2D eigenvalue weighted by Gasteiger charge is -2.08. The van der Waals surface area contributed by atoms with Crippen molar-refractivity contribution in [3.8, 4) is 0 Å². The topological polar surface area (TPSA) is 53.0 Å². The fourth-order valence-electron chi connectivity index (χ4n) is 0.951. The quantitative estimate of drug-likeness (QED) is 0.758. The van der Waals surface area contributed by atoms with Crippen molar-refractivity contribution in [1.29, 1.82) is 4.78 Å². The van der Waals surface area contributed by atoms with E-state index >= 15 is 0 Å². The Balaban J connectivity index is 3.04. The van der Waals surface area contributed by atoms with Crippen molar-refractivity contribution >= 4 is 15.6 Å². The first-order valence-corrected chi connectivity index (χ1v) is 5.63. The van der Waals surface area contributed by atoms with Crippen LogP contribution in [-0.2, 0) is 9.92 Å². The molecule has 3 nitrogen and oxygen atoms in total. The lowest BCUT2D eigenvalue weighted by Crippen LogP contribution is -2.08. The highest BCUT2D eigenvalue weighted by atomic mass is 32.2. The summed E-state index contributed by atoms with van der Waals surface area (Å²) in [6, 6.07) is 4.07. The number of hydrogen-bond acceptors (Lipinski definition) is 2. The van der Waals surface area contributed by atoms with Crippen LogP contribution in [0.2, 0.25) is 0 Å². The molecular formula is C8H11FN2OS. The summed E-state index contributed by atoms with van der Waals surface area (Å²) in [6.45, 7) is 1.69. The van der Waals surface area contributed by atoms with Gasteiger partial charge in [0.1, 0.15) is 15.7 Å². The summed E-state index contributed by atoms with van der Waals surface area (Å²) in [7, 11) is -2.78. The van der Waals surface area contributed by atoms with E-state index in [2.05, 4.69) is 4.72 Å². The fourth-order valence-corrected chi connectivity index (χ4v) is 1.60. The van der Waals surface area contributed by atoms with E-state index in [-0.39, 0.29) is 5.82 Å². The second-order valence-electron chi connectivity index (χ2n) is 2.90. The largest absolute Gasteiger partial charge is 0.299 e. The molecule has 1 rings (SSSR count). The number of rotatable bonds is 2. The summed E-state index contributed by atoms with van der Waals surface area (Å²) in [6.07, 6.45) is 1.27. The average molecular weight is 202 g/mol. The van der Waals surface area contributed by atoms with Crippen LogP contribution in [-0.4, -0.2) is 10.5 Å². The zero-order valence-corrected chi connectivity index (χ0v) is 8.24. The molecule has 0 saturated heterocycles. The summed E-state index contributed by atoms with van der Waals surface area (Å²) in [4.78, 5) is 0. The van der Waals surface area contributed by atoms with Crippen LogP contribution in [0.15, 0.2) is 18.2 Å². The van der Waals surface area contributed by atoms with E-state index in [0.717, 1.165) is 0 Å². The van der Waals surface area contributed by atoms with Gasteiger partial charge in [-0.1, -0.05) is 0 Å². The summed E-state index contributed by atoms with van der Waals surface area (Å²) in [5, 5.41) is 0. The minimum atomic E-state index is -2.78. The molecule has 0 aliphatic heterocycles. The second-order valence-corrected chi connectivity index (χ2v) is 4.80. The van der Waals surface area contributed by atoms with E-state index in [4.69, 9.17) is 4.78 Å². The van der Waals surface area contributed by atoms with Crippen LogP contribution in [0.25, 0.3) is 0 Å². The first kappa shape index (κ1) is 9.98. The van der Waals surface area contributed by atoms with Gasteiger partial charge in [0.05, 0.1) is 5.69 Å². The van der Waals surface area contributed by atoms with E-state index < -0.39 is 9.92 Å². The van der Waals surface area contributed by atoms with Gasteiger partial charge in [-0.2, -0.15) is 0 Å². The molecule has 72 valence electrons. The second kappa shape index (κ2) is 3.33. The van der Waals surface area contributed by atoms with E-state index in [1.54, 1.807) is 6.92 Å². The van der Waals surface area contributed by atoms with Gasteiger partial charge in [-0.25, -0.2) is 13.4 Å². The molecule has 0 spiro atoms. The Morgan fingerprint density at radius 3 is 2.62 bits per heavy atom. The Morgan fingerprint density at radius 1 is 1.54 bits per heavy atom. The molecule has 0 aromatic heterocycles. The molecule has 2 N–H and O–H groups in total. The van der Waals surface area contributed by atoms with Gasteiger partial charge in [0.25, 0.3) is 0 Å². The lowest BCUT2D eigenvalue weighted by atomic mass is 10.2. The van der Waals surface area contributed by atoms with Crippen LogP contribution in [0.5, 0.6) is 0 Å². The van der Waals surface area contributed by atoms with Gasteiger partial charge in [0, 0.05) is 6.26 Å². The van der Waals surface area contributed by atoms with Crippen molar-refractivity contribution in [3.63, 3.8) is 0 Å². The predicted molar refractivity (Wildman–Crippen MR) is 51.5 cm³/mol. The molecule has 1 atom stereocenters. The maximum absolute atomic E-state index is 12.6. The Labute approximate surface area is 77.1 Å². The highest BCUT2D eigenvalue weighted by Gasteiger charge is 2.02. The Hall–Kier alpha value is -1.10. The van der Waals surface area contributed by atoms with Crippen molar-refractivity contribution in [2.45, 2.75) is 6.92 Å². The molecule has 0 heterocycles. The van der Waals surface area contributed by atoms with Crippen molar-refractivity contribution < 1.29 is 8.60 Å². The maximum Gasteiger partial charge on any atom is 0.123 e. The van der Waals surface area contributed by atoms with Crippen molar-refractivity contribution in [3.05, 3.63) is 29.6 Å².